The van der Waals surface area contributed by atoms with E-state index in [9.17, 15) is 0 Å². The third kappa shape index (κ3) is 2.64. The fourth-order valence-electron chi connectivity index (χ4n) is 2.04. The van der Waals surface area contributed by atoms with Crippen molar-refractivity contribution in [2.24, 2.45) is 5.73 Å². The highest BCUT2D eigenvalue weighted by atomic mass is 16.7. The smallest absolute Gasteiger partial charge is 0.480 e. The van der Waals surface area contributed by atoms with Crippen LogP contribution in [0.5, 0.6) is 5.75 Å². The van der Waals surface area contributed by atoms with Crippen LogP contribution in [-0.4, -0.2) is 25.4 Å². The lowest BCUT2D eigenvalue weighted by Gasteiger charge is -2.32. The molecule has 104 valence electrons. The van der Waals surface area contributed by atoms with E-state index in [1.165, 1.54) is 0 Å². The summed E-state index contributed by atoms with van der Waals surface area (Å²) >= 11 is 0. The second kappa shape index (κ2) is 4.82. The zero-order valence-electron chi connectivity index (χ0n) is 12.3. The van der Waals surface area contributed by atoms with Crippen LogP contribution in [0.4, 0.5) is 0 Å². The minimum atomic E-state index is -0.447. The van der Waals surface area contributed by atoms with Crippen molar-refractivity contribution in [1.82, 2.24) is 0 Å². The molecule has 0 spiro atoms. The largest absolute Gasteiger partial charge is 0.497 e. The van der Waals surface area contributed by atoms with Crippen molar-refractivity contribution in [2.45, 2.75) is 44.8 Å². The van der Waals surface area contributed by atoms with Gasteiger partial charge in [-0.05, 0) is 45.4 Å². The zero-order valence-corrected chi connectivity index (χ0v) is 12.3. The van der Waals surface area contributed by atoms with Crippen molar-refractivity contribution in [3.8, 4) is 5.75 Å². The minimum absolute atomic E-state index is 0.337. The molecule has 0 bridgehead atoms. The van der Waals surface area contributed by atoms with Crippen LogP contribution in [0.1, 0.15) is 39.2 Å². The Morgan fingerprint density at radius 1 is 1.16 bits per heavy atom. The van der Waals surface area contributed by atoms with Gasteiger partial charge in [0.05, 0.1) is 24.3 Å². The SMILES string of the molecule is COc1cccc(C(N)B2OC(C)(C)C(C)(C)O2)c1. The van der Waals surface area contributed by atoms with Crippen LogP contribution >= 0.6 is 0 Å². The van der Waals surface area contributed by atoms with Crippen molar-refractivity contribution in [1.29, 1.82) is 0 Å². The molecule has 0 saturated carbocycles. The van der Waals surface area contributed by atoms with Gasteiger partial charge in [0, 0.05) is 0 Å². The van der Waals surface area contributed by atoms with Crippen LogP contribution in [0.15, 0.2) is 24.3 Å². The molecule has 2 N–H and O–H groups in total. The number of nitrogens with two attached hydrogens (primary N) is 1. The second-order valence-corrected chi connectivity index (χ2v) is 5.93. The molecule has 0 aliphatic carbocycles. The van der Waals surface area contributed by atoms with Crippen LogP contribution in [0, 0.1) is 0 Å². The molecule has 1 aromatic rings. The van der Waals surface area contributed by atoms with Gasteiger partial charge in [-0.3, -0.25) is 0 Å². The lowest BCUT2D eigenvalue weighted by molar-refractivity contribution is 0.00578. The second-order valence-electron chi connectivity index (χ2n) is 5.93. The summed E-state index contributed by atoms with van der Waals surface area (Å²) in [4.78, 5) is 0. The maximum atomic E-state index is 6.26. The summed E-state index contributed by atoms with van der Waals surface area (Å²) in [5, 5.41) is 0. The van der Waals surface area contributed by atoms with E-state index < -0.39 is 7.12 Å². The van der Waals surface area contributed by atoms with E-state index in [0.717, 1.165) is 11.3 Å². The van der Waals surface area contributed by atoms with Gasteiger partial charge >= 0.3 is 7.12 Å². The minimum Gasteiger partial charge on any atom is -0.497 e. The average molecular weight is 263 g/mol. The van der Waals surface area contributed by atoms with Crippen molar-refractivity contribution in [2.75, 3.05) is 7.11 Å². The van der Waals surface area contributed by atoms with Crippen molar-refractivity contribution >= 4 is 7.12 Å². The molecule has 1 unspecified atom stereocenters. The lowest BCUT2D eigenvalue weighted by Crippen LogP contribution is -2.41. The van der Waals surface area contributed by atoms with Crippen LogP contribution < -0.4 is 10.5 Å². The Balaban J connectivity index is 2.19. The molecule has 19 heavy (non-hydrogen) atoms. The van der Waals surface area contributed by atoms with Crippen LogP contribution in [0.3, 0.4) is 0 Å². The summed E-state index contributed by atoms with van der Waals surface area (Å²) in [6.45, 7) is 8.08. The van der Waals surface area contributed by atoms with Gasteiger partial charge in [-0.2, -0.15) is 0 Å². The number of benzene rings is 1. The first-order valence-electron chi connectivity index (χ1n) is 6.52. The Morgan fingerprint density at radius 2 is 1.74 bits per heavy atom. The topological polar surface area (TPSA) is 53.7 Å². The third-order valence-electron chi connectivity index (χ3n) is 4.04. The molecule has 2 rings (SSSR count). The molecule has 5 heteroatoms. The highest BCUT2D eigenvalue weighted by molar-refractivity contribution is 6.47. The summed E-state index contributed by atoms with van der Waals surface area (Å²) in [5.41, 5.74) is 6.47. The molecule has 1 aliphatic rings. The Hall–Kier alpha value is -1.04. The molecule has 0 aromatic heterocycles. The van der Waals surface area contributed by atoms with Gasteiger partial charge in [0.2, 0.25) is 0 Å². The standard InChI is InChI=1S/C14H22BNO3/c1-13(2)14(3,4)19-15(18-13)12(16)10-7-6-8-11(9-10)17-5/h6-9,12H,16H2,1-5H3. The summed E-state index contributed by atoms with van der Waals surface area (Å²) in [6, 6.07) is 7.67. The normalized spacial score (nSPS) is 22.3. The summed E-state index contributed by atoms with van der Waals surface area (Å²) in [7, 11) is 1.19. The fraction of sp³-hybridized carbons (Fsp3) is 0.571. The van der Waals surface area contributed by atoms with E-state index >= 15 is 0 Å². The van der Waals surface area contributed by atoms with Crippen LogP contribution in [-0.2, 0) is 9.31 Å². The highest BCUT2D eigenvalue weighted by Gasteiger charge is 2.53. The molecule has 0 amide bonds. The van der Waals surface area contributed by atoms with Gasteiger partial charge in [0.25, 0.3) is 0 Å². The van der Waals surface area contributed by atoms with E-state index in [4.69, 9.17) is 19.8 Å². The predicted octanol–water partition coefficient (Wildman–Crippen LogP) is 2.33. The summed E-state index contributed by atoms with van der Waals surface area (Å²) < 4.78 is 17.1. The van der Waals surface area contributed by atoms with Crippen molar-refractivity contribution in [3.05, 3.63) is 29.8 Å². The molecule has 1 saturated heterocycles. The number of ether oxygens (including phenoxy) is 1. The first-order valence-corrected chi connectivity index (χ1v) is 6.52. The zero-order chi connectivity index (χ0) is 14.3. The van der Waals surface area contributed by atoms with Gasteiger partial charge in [0.15, 0.2) is 0 Å². The quantitative estimate of drug-likeness (QED) is 0.850. The number of hydrogen-bond acceptors (Lipinski definition) is 4. The van der Waals surface area contributed by atoms with E-state index in [-0.39, 0.29) is 17.1 Å². The molecule has 1 atom stereocenters. The predicted molar refractivity (Wildman–Crippen MR) is 76.0 cm³/mol. The molecule has 1 fully saturated rings. The van der Waals surface area contributed by atoms with E-state index in [1.54, 1.807) is 7.11 Å². The maximum Gasteiger partial charge on any atom is 0.480 e. The molecular weight excluding hydrogens is 241 g/mol. The Labute approximate surface area is 115 Å². The Morgan fingerprint density at radius 3 is 2.26 bits per heavy atom. The molecule has 1 heterocycles. The van der Waals surface area contributed by atoms with E-state index in [1.807, 2.05) is 52.0 Å². The average Bonchev–Trinajstić information content (AvgIpc) is 2.57. The molecule has 0 radical (unpaired) electrons. The number of hydrogen-bond donors (Lipinski definition) is 1. The number of rotatable bonds is 3. The van der Waals surface area contributed by atoms with Gasteiger partial charge in [-0.25, -0.2) is 0 Å². The molecule has 1 aromatic carbocycles. The van der Waals surface area contributed by atoms with E-state index in [2.05, 4.69) is 0 Å². The van der Waals surface area contributed by atoms with Gasteiger partial charge in [0.1, 0.15) is 5.75 Å². The molecule has 4 nitrogen and oxygen atoms in total. The molecular formula is C14H22BNO3. The van der Waals surface area contributed by atoms with Gasteiger partial charge in [-0.1, -0.05) is 12.1 Å². The first kappa shape index (κ1) is 14.4. The Kier molecular flexibility index (Phi) is 3.64. The summed E-state index contributed by atoms with van der Waals surface area (Å²) in [6.07, 6.45) is 0. The van der Waals surface area contributed by atoms with Crippen LogP contribution in [0.25, 0.3) is 0 Å². The third-order valence-corrected chi connectivity index (χ3v) is 4.04. The van der Waals surface area contributed by atoms with Crippen LogP contribution in [0.2, 0.25) is 0 Å². The van der Waals surface area contributed by atoms with Gasteiger partial charge < -0.3 is 19.8 Å². The van der Waals surface area contributed by atoms with Crippen molar-refractivity contribution < 1.29 is 14.0 Å². The maximum absolute atomic E-state index is 6.26. The monoisotopic (exact) mass is 263 g/mol. The summed E-state index contributed by atoms with van der Waals surface area (Å²) in [5.74, 6) is 0.445. The van der Waals surface area contributed by atoms with E-state index in [0.29, 0.717) is 0 Å². The Bertz CT molecular complexity index is 446. The lowest BCUT2D eigenvalue weighted by atomic mass is 9.75. The van der Waals surface area contributed by atoms with Crippen molar-refractivity contribution in [3.63, 3.8) is 0 Å². The molecule has 1 aliphatic heterocycles. The van der Waals surface area contributed by atoms with Gasteiger partial charge in [-0.15, -0.1) is 0 Å². The number of methoxy groups -OCH3 is 1. The fourth-order valence-corrected chi connectivity index (χ4v) is 2.04. The first-order chi connectivity index (χ1) is 8.77. The highest BCUT2D eigenvalue weighted by Crippen LogP contribution is 2.39.